The molecule has 2 atom stereocenters. The molecule has 0 aromatic carbocycles. The summed E-state index contributed by atoms with van der Waals surface area (Å²) in [5.74, 6) is 0.599. The van der Waals surface area contributed by atoms with Gasteiger partial charge in [-0.1, -0.05) is 32.9 Å². The fraction of sp³-hybridized carbons (Fsp3) is 0.611. The van der Waals surface area contributed by atoms with Crippen LogP contribution in [0.3, 0.4) is 0 Å². The van der Waals surface area contributed by atoms with Gasteiger partial charge in [-0.25, -0.2) is 4.98 Å². The number of amides is 1. The highest BCUT2D eigenvalue weighted by atomic mass is 35.5. The van der Waals surface area contributed by atoms with E-state index >= 15 is 0 Å². The van der Waals surface area contributed by atoms with Crippen LogP contribution in [0.5, 0.6) is 0 Å². The van der Waals surface area contributed by atoms with E-state index in [-0.39, 0.29) is 29.8 Å². The summed E-state index contributed by atoms with van der Waals surface area (Å²) in [6.07, 6.45) is 3.55. The molecule has 1 aliphatic heterocycles. The SMILES string of the molecule is CC1CCN(C(=O)c2cnc3onc(C(C)(C)C)c3c2)C(CN)C1.Cl. The zero-order chi connectivity index (χ0) is 17.5. The highest BCUT2D eigenvalue weighted by molar-refractivity contribution is 5.97. The van der Waals surface area contributed by atoms with Gasteiger partial charge >= 0.3 is 0 Å². The molecule has 3 heterocycles. The average Bonchev–Trinajstić information content (AvgIpc) is 2.97. The number of carbonyl (C=O) groups excluding carboxylic acids is 1. The van der Waals surface area contributed by atoms with Gasteiger partial charge in [0.15, 0.2) is 0 Å². The number of rotatable bonds is 2. The zero-order valence-electron chi connectivity index (χ0n) is 15.3. The highest BCUT2D eigenvalue weighted by Gasteiger charge is 2.30. The van der Waals surface area contributed by atoms with Gasteiger partial charge in [-0.05, 0) is 24.8 Å². The maximum absolute atomic E-state index is 13.0. The quantitative estimate of drug-likeness (QED) is 0.882. The molecule has 7 heteroatoms. The number of pyridine rings is 1. The summed E-state index contributed by atoms with van der Waals surface area (Å²) < 4.78 is 5.31. The number of hydrogen-bond acceptors (Lipinski definition) is 5. The van der Waals surface area contributed by atoms with Crippen molar-refractivity contribution in [3.05, 3.63) is 23.5 Å². The number of nitrogens with zero attached hydrogens (tertiary/aromatic N) is 3. The third kappa shape index (κ3) is 3.80. The van der Waals surface area contributed by atoms with Crippen molar-refractivity contribution in [2.75, 3.05) is 13.1 Å². The van der Waals surface area contributed by atoms with Crippen molar-refractivity contribution >= 4 is 29.4 Å². The molecule has 2 aromatic rings. The van der Waals surface area contributed by atoms with E-state index in [1.165, 1.54) is 0 Å². The first-order chi connectivity index (χ1) is 11.3. The molecule has 6 nitrogen and oxygen atoms in total. The third-order valence-electron chi connectivity index (χ3n) is 4.80. The Morgan fingerprint density at radius 3 is 2.80 bits per heavy atom. The van der Waals surface area contributed by atoms with Crippen molar-refractivity contribution in [3.63, 3.8) is 0 Å². The molecule has 0 saturated carbocycles. The van der Waals surface area contributed by atoms with Gasteiger partial charge < -0.3 is 15.2 Å². The molecule has 2 unspecified atom stereocenters. The Hall–Kier alpha value is -1.66. The second-order valence-electron chi connectivity index (χ2n) is 7.88. The van der Waals surface area contributed by atoms with Crippen LogP contribution in [0.15, 0.2) is 16.8 Å². The van der Waals surface area contributed by atoms with Crippen LogP contribution >= 0.6 is 12.4 Å². The first kappa shape index (κ1) is 19.7. The predicted molar refractivity (Wildman–Crippen MR) is 100 cm³/mol. The Balaban J connectivity index is 0.00000225. The minimum atomic E-state index is -0.172. The van der Waals surface area contributed by atoms with E-state index in [1.807, 2.05) is 11.0 Å². The van der Waals surface area contributed by atoms with E-state index in [1.54, 1.807) is 6.20 Å². The van der Waals surface area contributed by atoms with Gasteiger partial charge in [0.25, 0.3) is 11.6 Å². The second-order valence-corrected chi connectivity index (χ2v) is 7.88. The van der Waals surface area contributed by atoms with E-state index in [0.717, 1.165) is 30.5 Å². The average molecular weight is 367 g/mol. The van der Waals surface area contributed by atoms with Gasteiger partial charge in [0, 0.05) is 30.7 Å². The van der Waals surface area contributed by atoms with Crippen molar-refractivity contribution in [2.45, 2.75) is 52.0 Å². The van der Waals surface area contributed by atoms with Crippen LogP contribution in [0.2, 0.25) is 0 Å². The number of nitrogens with two attached hydrogens (primary N) is 1. The Kier molecular flexibility index (Phi) is 5.74. The minimum Gasteiger partial charge on any atom is -0.336 e. The third-order valence-corrected chi connectivity index (χ3v) is 4.80. The molecule has 0 bridgehead atoms. The molecular formula is C18H27ClN4O2. The van der Waals surface area contributed by atoms with Gasteiger partial charge in [0.2, 0.25) is 0 Å². The van der Waals surface area contributed by atoms with E-state index in [9.17, 15) is 4.79 Å². The van der Waals surface area contributed by atoms with E-state index in [2.05, 4.69) is 37.8 Å². The van der Waals surface area contributed by atoms with Crippen molar-refractivity contribution in [1.29, 1.82) is 0 Å². The summed E-state index contributed by atoms with van der Waals surface area (Å²) in [5, 5.41) is 4.95. The highest BCUT2D eigenvalue weighted by Crippen LogP contribution is 2.30. The molecule has 3 rings (SSSR count). The molecule has 1 aliphatic rings. The van der Waals surface area contributed by atoms with E-state index < -0.39 is 0 Å². The lowest BCUT2D eigenvalue weighted by Gasteiger charge is -2.38. The van der Waals surface area contributed by atoms with Crippen LogP contribution in [0, 0.1) is 5.92 Å². The lowest BCUT2D eigenvalue weighted by Crippen LogP contribution is -2.49. The van der Waals surface area contributed by atoms with Gasteiger partial charge in [0.05, 0.1) is 16.6 Å². The Morgan fingerprint density at radius 1 is 1.44 bits per heavy atom. The summed E-state index contributed by atoms with van der Waals surface area (Å²) in [7, 11) is 0. The van der Waals surface area contributed by atoms with E-state index in [4.69, 9.17) is 10.3 Å². The summed E-state index contributed by atoms with van der Waals surface area (Å²) in [6, 6.07) is 1.95. The molecule has 25 heavy (non-hydrogen) atoms. The topological polar surface area (TPSA) is 85.2 Å². The molecule has 2 N–H and O–H groups in total. The number of hydrogen-bond donors (Lipinski definition) is 1. The minimum absolute atomic E-state index is 0. The largest absolute Gasteiger partial charge is 0.336 e. The summed E-state index contributed by atoms with van der Waals surface area (Å²) in [5.41, 5.74) is 7.59. The molecule has 1 amide bonds. The molecule has 138 valence electrons. The molecule has 0 spiro atoms. The summed E-state index contributed by atoms with van der Waals surface area (Å²) in [6.45, 7) is 9.65. The normalized spacial score (nSPS) is 21.2. The second kappa shape index (κ2) is 7.30. The molecule has 0 radical (unpaired) electrons. The van der Waals surface area contributed by atoms with Gasteiger partial charge in [0.1, 0.15) is 0 Å². The fourth-order valence-corrected chi connectivity index (χ4v) is 3.40. The van der Waals surface area contributed by atoms with Crippen LogP contribution in [0.25, 0.3) is 11.1 Å². The molecule has 1 fully saturated rings. The number of carbonyl (C=O) groups is 1. The predicted octanol–water partition coefficient (Wildman–Crippen LogP) is 3.14. The van der Waals surface area contributed by atoms with Crippen LogP contribution in [-0.4, -0.2) is 40.1 Å². The van der Waals surface area contributed by atoms with Crippen molar-refractivity contribution < 1.29 is 9.32 Å². The number of likely N-dealkylation sites (tertiary alicyclic amines) is 1. The Morgan fingerprint density at radius 2 is 2.16 bits per heavy atom. The number of aromatic nitrogens is 2. The molecule has 1 saturated heterocycles. The van der Waals surface area contributed by atoms with Gasteiger partial charge in [-0.3, -0.25) is 4.79 Å². The first-order valence-corrected chi connectivity index (χ1v) is 8.58. The maximum Gasteiger partial charge on any atom is 0.257 e. The monoisotopic (exact) mass is 366 g/mol. The van der Waals surface area contributed by atoms with Crippen LogP contribution in [0.4, 0.5) is 0 Å². The summed E-state index contributed by atoms with van der Waals surface area (Å²) >= 11 is 0. The smallest absolute Gasteiger partial charge is 0.257 e. The lowest BCUT2D eigenvalue weighted by atomic mass is 9.90. The first-order valence-electron chi connectivity index (χ1n) is 8.58. The summed E-state index contributed by atoms with van der Waals surface area (Å²) in [4.78, 5) is 19.2. The van der Waals surface area contributed by atoms with E-state index in [0.29, 0.717) is 23.7 Å². The van der Waals surface area contributed by atoms with Gasteiger partial charge in [-0.2, -0.15) is 0 Å². The van der Waals surface area contributed by atoms with Crippen molar-refractivity contribution in [3.8, 4) is 0 Å². The molecule has 0 aliphatic carbocycles. The standard InChI is InChI=1S/C18H26N4O2.ClH/c1-11-5-6-22(13(7-11)9-19)17(23)12-8-14-15(18(2,3)4)21-24-16(14)20-10-12;/h8,10-11,13H,5-7,9,19H2,1-4H3;1H. The number of halogens is 1. The van der Waals surface area contributed by atoms with Crippen LogP contribution in [0.1, 0.15) is 56.6 Å². The zero-order valence-corrected chi connectivity index (χ0v) is 16.1. The lowest BCUT2D eigenvalue weighted by molar-refractivity contribution is 0.0573. The van der Waals surface area contributed by atoms with Crippen LogP contribution < -0.4 is 5.73 Å². The van der Waals surface area contributed by atoms with Gasteiger partial charge in [-0.15, -0.1) is 12.4 Å². The molecule has 2 aromatic heterocycles. The Labute approximate surface area is 154 Å². The van der Waals surface area contributed by atoms with Crippen molar-refractivity contribution in [2.24, 2.45) is 11.7 Å². The fourth-order valence-electron chi connectivity index (χ4n) is 3.40. The number of fused-ring (bicyclic) bond motifs is 1. The van der Waals surface area contributed by atoms with Crippen molar-refractivity contribution in [1.82, 2.24) is 15.0 Å². The maximum atomic E-state index is 13.0. The molecular weight excluding hydrogens is 340 g/mol. The Bertz CT molecular complexity index is 753. The van der Waals surface area contributed by atoms with Crippen LogP contribution in [-0.2, 0) is 5.41 Å². The number of piperidine rings is 1.